The van der Waals surface area contributed by atoms with E-state index >= 15 is 8.78 Å². The maximum atomic E-state index is 15.5. The Kier molecular flexibility index (Phi) is 12.1. The molecule has 2 amide bonds. The number of hydrogen-bond acceptors (Lipinski definition) is 9. The number of amides is 2. The molecule has 3 heterocycles. The number of fused-ring (bicyclic) bond motifs is 4. The molecule has 5 aromatic rings. The van der Waals surface area contributed by atoms with E-state index in [2.05, 4.69) is 32.3 Å². The van der Waals surface area contributed by atoms with Crippen LogP contribution in [0.3, 0.4) is 0 Å². The largest absolute Gasteiger partial charge is 0.435 e. The summed E-state index contributed by atoms with van der Waals surface area (Å²) in [6.45, 7) is 0.0642. The Bertz CT molecular complexity index is 3180. The van der Waals surface area contributed by atoms with Crippen LogP contribution in [0.5, 0.6) is 0 Å². The predicted molar refractivity (Wildman–Crippen MR) is 221 cm³/mol. The zero-order chi connectivity index (χ0) is 49.7. The third kappa shape index (κ3) is 9.56. The molecule has 7 rings (SSSR count). The van der Waals surface area contributed by atoms with Crippen LogP contribution in [0.1, 0.15) is 73.1 Å². The van der Waals surface area contributed by atoms with Gasteiger partial charge in [-0.15, -0.1) is 0 Å². The third-order valence-corrected chi connectivity index (χ3v) is 14.5. The van der Waals surface area contributed by atoms with Gasteiger partial charge in [-0.2, -0.15) is 49.6 Å². The minimum absolute atomic E-state index is 0.101. The van der Waals surface area contributed by atoms with Gasteiger partial charge in [0.15, 0.2) is 21.3 Å². The first-order chi connectivity index (χ1) is 30.7. The number of hydrogen-bond donors (Lipinski definition) is 1. The Morgan fingerprint density at radius 1 is 0.955 bits per heavy atom. The van der Waals surface area contributed by atoms with Crippen molar-refractivity contribution in [2.75, 3.05) is 16.8 Å². The van der Waals surface area contributed by atoms with Gasteiger partial charge < -0.3 is 5.32 Å². The van der Waals surface area contributed by atoms with Crippen LogP contribution in [-0.2, 0) is 61.1 Å². The summed E-state index contributed by atoms with van der Waals surface area (Å²) in [7, 11) is -8.50. The van der Waals surface area contributed by atoms with Gasteiger partial charge in [-0.05, 0) is 74.4 Å². The van der Waals surface area contributed by atoms with E-state index in [4.69, 9.17) is 11.6 Å². The second-order valence-electron chi connectivity index (χ2n) is 16.6. The monoisotopic (exact) mass is 1010 g/mol. The van der Waals surface area contributed by atoms with Gasteiger partial charge in [0.2, 0.25) is 21.8 Å². The number of pyridine rings is 1. The molecule has 1 fully saturated rings. The van der Waals surface area contributed by atoms with Crippen LogP contribution < -0.4 is 9.62 Å². The Morgan fingerprint density at radius 2 is 1.58 bits per heavy atom. The summed E-state index contributed by atoms with van der Waals surface area (Å²) < 4.78 is 196. The predicted octanol–water partition coefficient (Wildman–Crippen LogP) is 7.60. The van der Waals surface area contributed by atoms with E-state index < -0.39 is 148 Å². The molecule has 26 heteroatoms. The summed E-state index contributed by atoms with van der Waals surface area (Å²) in [5.41, 5.74) is -5.66. The molecule has 67 heavy (non-hydrogen) atoms. The molecule has 0 unspecified atom stereocenters. The van der Waals surface area contributed by atoms with Crippen molar-refractivity contribution in [2.24, 2.45) is 5.92 Å². The van der Waals surface area contributed by atoms with Gasteiger partial charge in [-0.1, -0.05) is 23.6 Å². The van der Waals surface area contributed by atoms with Gasteiger partial charge in [0.05, 0.1) is 33.9 Å². The van der Waals surface area contributed by atoms with Gasteiger partial charge in [-0.25, -0.2) is 30.6 Å². The average Bonchev–Trinajstić information content (AvgIpc) is 3.68. The molecule has 13 nitrogen and oxygen atoms in total. The number of carbonyl (C=O) groups is 2. The van der Waals surface area contributed by atoms with Crippen molar-refractivity contribution in [2.45, 2.75) is 81.7 Å². The standard InChI is InChI=1S/C41H34ClF10N7O6S2/c1-19(60)59(67(5,64)65)37-32-28(42)9-8-25(34(32)58(56-37)18-39(45,46)47)24-7-6-23(10-11-38(2,3)66(4,62)63)53-33(24)29(14-20-12-21(43)15-22(44)13-20)54-30(61)17-57-36-31(35(55-57)41(50,51)52)26-16-27(26)40(36,48)49/h6-9,12-13,15,26-27,29H,14,16-18H2,1-5H3,(H,54,61)/t26-,27+,29-/m0/s1. The molecule has 0 bridgehead atoms. The first-order valence-corrected chi connectivity index (χ1v) is 23.6. The molecule has 1 N–H and O–H groups in total. The highest BCUT2D eigenvalue weighted by Gasteiger charge is 2.68. The summed E-state index contributed by atoms with van der Waals surface area (Å²) in [6, 6.07) is 4.90. The number of benzene rings is 2. The summed E-state index contributed by atoms with van der Waals surface area (Å²) >= 11 is 6.53. The van der Waals surface area contributed by atoms with Gasteiger partial charge in [0, 0.05) is 41.9 Å². The number of carbonyl (C=O) groups excluding carboxylic acids is 2. The van der Waals surface area contributed by atoms with Crippen molar-refractivity contribution < 1.29 is 70.3 Å². The first-order valence-electron chi connectivity index (χ1n) is 19.5. The lowest BCUT2D eigenvalue weighted by Gasteiger charge is -2.23. The highest BCUT2D eigenvalue weighted by molar-refractivity contribution is 7.93. The summed E-state index contributed by atoms with van der Waals surface area (Å²) in [5, 5.41) is 8.71. The normalized spacial score (nSPS) is 17.4. The Morgan fingerprint density at radius 3 is 2.15 bits per heavy atom. The van der Waals surface area contributed by atoms with E-state index in [9.17, 15) is 61.5 Å². The SMILES string of the molecule is CC(=O)N(c1nn(CC(F)(F)F)c2c(-c3ccc(C#CC(C)(C)S(C)(=O)=O)nc3[C@H](Cc3cc(F)cc(F)c3)NC(=O)Cn3nc(C(F)(F)F)c4c3C(F)(F)[C@@H]3C[C@H]43)ccc(Cl)c12)S(C)(=O)=O. The van der Waals surface area contributed by atoms with Crippen LogP contribution in [0.25, 0.3) is 22.0 Å². The zero-order valence-corrected chi connectivity index (χ0v) is 37.6. The Labute approximate surface area is 379 Å². The summed E-state index contributed by atoms with van der Waals surface area (Å²) in [6.07, 6.45) is -9.77. The Hall–Kier alpha value is -5.74. The number of nitrogens with zero attached hydrogens (tertiary/aromatic N) is 6. The van der Waals surface area contributed by atoms with Crippen molar-refractivity contribution >= 4 is 60.0 Å². The molecule has 0 saturated heterocycles. The van der Waals surface area contributed by atoms with Crippen LogP contribution in [-0.4, -0.2) is 76.6 Å². The summed E-state index contributed by atoms with van der Waals surface area (Å²) in [4.78, 5) is 31.3. The van der Waals surface area contributed by atoms with Crippen LogP contribution >= 0.6 is 11.6 Å². The average molecular weight is 1010 g/mol. The van der Waals surface area contributed by atoms with Crippen molar-refractivity contribution in [1.29, 1.82) is 0 Å². The minimum atomic E-state index is -5.21. The summed E-state index contributed by atoms with van der Waals surface area (Å²) in [5.74, 6) is -7.05. The number of anilines is 1. The molecule has 0 aliphatic heterocycles. The van der Waals surface area contributed by atoms with Crippen LogP contribution in [0, 0.1) is 29.4 Å². The maximum Gasteiger partial charge on any atom is 0.435 e. The molecular weight excluding hydrogens is 976 g/mol. The van der Waals surface area contributed by atoms with Crippen molar-refractivity contribution in [3.63, 3.8) is 0 Å². The number of sulfonamides is 1. The van der Waals surface area contributed by atoms with Crippen LogP contribution in [0.4, 0.5) is 49.7 Å². The number of aromatic nitrogens is 5. The van der Waals surface area contributed by atoms with Crippen molar-refractivity contribution in [3.8, 4) is 23.0 Å². The molecule has 1 saturated carbocycles. The lowest BCUT2D eigenvalue weighted by atomic mass is 9.93. The number of rotatable bonds is 11. The molecule has 2 aromatic carbocycles. The Balaban J connectivity index is 1.48. The number of halogens is 11. The fourth-order valence-electron chi connectivity index (χ4n) is 7.94. The molecule has 358 valence electrons. The van der Waals surface area contributed by atoms with E-state index in [1.54, 1.807) is 0 Å². The van der Waals surface area contributed by atoms with E-state index in [1.807, 2.05) is 0 Å². The first kappa shape index (κ1) is 49.2. The quantitative estimate of drug-likeness (QED) is 0.104. The van der Waals surface area contributed by atoms with Crippen LogP contribution in [0.15, 0.2) is 42.5 Å². The molecule has 0 radical (unpaired) electrons. The van der Waals surface area contributed by atoms with Gasteiger partial charge in [0.1, 0.15) is 40.9 Å². The van der Waals surface area contributed by atoms with E-state index in [0.29, 0.717) is 12.3 Å². The van der Waals surface area contributed by atoms with E-state index in [-0.39, 0.29) is 42.5 Å². The highest BCUT2D eigenvalue weighted by Crippen LogP contribution is 2.68. The van der Waals surface area contributed by atoms with Crippen molar-refractivity contribution in [3.05, 3.63) is 93.0 Å². The van der Waals surface area contributed by atoms with E-state index in [1.165, 1.54) is 19.9 Å². The maximum absolute atomic E-state index is 15.5. The molecular formula is C41H34ClF10N7O6S2. The van der Waals surface area contributed by atoms with Crippen LogP contribution in [0.2, 0.25) is 5.02 Å². The third-order valence-electron chi connectivity index (χ3n) is 11.1. The van der Waals surface area contributed by atoms with Gasteiger partial charge in [-0.3, -0.25) is 19.0 Å². The smallest absolute Gasteiger partial charge is 0.346 e. The molecule has 3 atom stereocenters. The molecule has 0 spiro atoms. The molecule has 2 aliphatic rings. The van der Waals surface area contributed by atoms with Gasteiger partial charge >= 0.3 is 12.4 Å². The lowest BCUT2D eigenvalue weighted by Crippen LogP contribution is -2.35. The molecule has 3 aromatic heterocycles. The lowest BCUT2D eigenvalue weighted by molar-refractivity contribution is -0.143. The second-order valence-corrected chi connectivity index (χ2v) is 21.4. The fraction of sp³-hybridized carbons (Fsp3) is 0.390. The zero-order valence-electron chi connectivity index (χ0n) is 35.2. The number of sulfone groups is 1. The van der Waals surface area contributed by atoms with Crippen molar-refractivity contribution in [1.82, 2.24) is 29.9 Å². The minimum Gasteiger partial charge on any atom is -0.346 e. The van der Waals surface area contributed by atoms with Gasteiger partial charge in [0.25, 0.3) is 5.92 Å². The fourth-order valence-corrected chi connectivity index (χ4v) is 9.32. The highest BCUT2D eigenvalue weighted by atomic mass is 35.5. The topological polar surface area (TPSA) is 166 Å². The molecule has 2 aliphatic carbocycles. The number of alkyl halides is 8. The van der Waals surface area contributed by atoms with E-state index in [0.717, 1.165) is 43.5 Å². The second kappa shape index (κ2) is 16.5. The number of nitrogens with one attached hydrogen (secondary N) is 1.